The van der Waals surface area contributed by atoms with Crippen molar-refractivity contribution in [2.24, 2.45) is 0 Å². The second kappa shape index (κ2) is 12.2. The van der Waals surface area contributed by atoms with Gasteiger partial charge < -0.3 is 24.4 Å². The number of aromatic hydroxyl groups is 2. The lowest BCUT2D eigenvalue weighted by Gasteiger charge is -2.08. The molecule has 210 valence electrons. The number of allylic oxidation sites excluding steroid dienone is 2. The summed E-state index contributed by atoms with van der Waals surface area (Å²) in [5.74, 6) is 0.358. The summed E-state index contributed by atoms with van der Waals surface area (Å²) in [6.45, 7) is 5.49. The Balaban J connectivity index is 0.000000191. The number of carbonyl (C=O) groups is 2. The van der Waals surface area contributed by atoms with E-state index in [-0.39, 0.29) is 39.6 Å². The molecule has 0 aliphatic rings. The highest BCUT2D eigenvalue weighted by Crippen LogP contribution is 2.34. The minimum absolute atomic E-state index is 0.0698. The molecule has 0 saturated heterocycles. The second-order valence-corrected chi connectivity index (χ2v) is 9.43. The van der Waals surface area contributed by atoms with Crippen LogP contribution in [0.3, 0.4) is 0 Å². The maximum Gasteiger partial charge on any atom is 0.413 e. The average molecular weight is 556 g/mol. The van der Waals surface area contributed by atoms with Gasteiger partial charge in [-0.25, -0.2) is 9.78 Å². The maximum atomic E-state index is 12.4. The van der Waals surface area contributed by atoms with Crippen LogP contribution in [0, 0.1) is 6.92 Å². The van der Waals surface area contributed by atoms with Crippen LogP contribution >= 0.6 is 0 Å². The number of nitrogens with one attached hydrogen (secondary N) is 2. The van der Waals surface area contributed by atoms with E-state index < -0.39 is 6.09 Å². The third-order valence-corrected chi connectivity index (χ3v) is 6.10. The first-order valence-electron chi connectivity index (χ1n) is 12.6. The van der Waals surface area contributed by atoms with E-state index in [1.165, 1.54) is 19.2 Å². The van der Waals surface area contributed by atoms with Crippen LogP contribution in [0.4, 0.5) is 10.7 Å². The van der Waals surface area contributed by atoms with Crippen molar-refractivity contribution in [2.75, 3.05) is 12.4 Å². The third-order valence-electron chi connectivity index (χ3n) is 6.10. The van der Waals surface area contributed by atoms with Gasteiger partial charge in [0.25, 0.3) is 0 Å². The summed E-state index contributed by atoms with van der Waals surface area (Å²) >= 11 is 0. The van der Waals surface area contributed by atoms with Gasteiger partial charge in [0.1, 0.15) is 28.2 Å². The van der Waals surface area contributed by atoms with E-state index in [4.69, 9.17) is 4.42 Å². The number of carbonyl (C=O) groups excluding carboxylic acids is 2. The van der Waals surface area contributed by atoms with E-state index >= 15 is 0 Å². The summed E-state index contributed by atoms with van der Waals surface area (Å²) in [7, 11) is 1.27. The fourth-order valence-corrected chi connectivity index (χ4v) is 4.07. The Hall–Kier alpha value is -5.38. The fraction of sp³-hybridized carbons (Fsp3) is 0.161. The summed E-state index contributed by atoms with van der Waals surface area (Å²) in [4.78, 5) is 42.6. The number of ketones is 1. The van der Waals surface area contributed by atoms with Gasteiger partial charge in [0, 0.05) is 28.8 Å². The van der Waals surface area contributed by atoms with Crippen molar-refractivity contribution in [2.45, 2.75) is 27.2 Å². The van der Waals surface area contributed by atoms with Crippen molar-refractivity contribution in [3.8, 4) is 11.5 Å². The number of rotatable bonds is 5. The molecule has 10 heteroatoms. The first-order valence-corrected chi connectivity index (χ1v) is 12.6. The van der Waals surface area contributed by atoms with Crippen LogP contribution in [0.1, 0.15) is 41.1 Å². The fourth-order valence-electron chi connectivity index (χ4n) is 4.07. The number of H-pyrrole nitrogens is 1. The number of nitrogens with zero attached hydrogens (tertiary/aromatic N) is 1. The number of hydrogen-bond donors (Lipinski definition) is 4. The molecule has 1 amide bonds. The number of aromatic nitrogens is 2. The van der Waals surface area contributed by atoms with Crippen LogP contribution in [-0.4, -0.2) is 39.2 Å². The van der Waals surface area contributed by atoms with Gasteiger partial charge in [-0.15, -0.1) is 0 Å². The predicted molar refractivity (Wildman–Crippen MR) is 156 cm³/mol. The number of hydrogen-bond acceptors (Lipinski definition) is 8. The zero-order chi connectivity index (χ0) is 29.7. The first kappa shape index (κ1) is 28.6. The van der Waals surface area contributed by atoms with Gasteiger partial charge in [-0.2, -0.15) is 0 Å². The highest BCUT2D eigenvalue weighted by atomic mass is 16.5. The number of anilines is 1. The molecule has 0 radical (unpaired) electrons. The van der Waals surface area contributed by atoms with Gasteiger partial charge in [0.2, 0.25) is 5.95 Å². The van der Waals surface area contributed by atoms with Crippen molar-refractivity contribution in [1.29, 1.82) is 0 Å². The standard InChI is InChI=1S/C16H13N3O3.C15H16O4/c1-22-16(21)19-15-17-12-8-7-11(9-13(12)18-15)14(20)10-5-3-2-4-6-10;1-8(2)4-5-10-11(16)7-13-14(15(10)18)12(17)6-9(3)19-13/h2-9H,1H3,(H2,17,18,19,21);4,6-7,16,18H,5H2,1-3H3. The van der Waals surface area contributed by atoms with E-state index in [0.717, 1.165) is 5.57 Å². The lowest BCUT2D eigenvalue weighted by atomic mass is 10.0. The lowest BCUT2D eigenvalue weighted by Crippen LogP contribution is -2.11. The minimum Gasteiger partial charge on any atom is -0.507 e. The average Bonchev–Trinajstić information content (AvgIpc) is 3.34. The summed E-state index contributed by atoms with van der Waals surface area (Å²) in [5.41, 5.74) is 3.76. The van der Waals surface area contributed by atoms with Gasteiger partial charge in [-0.3, -0.25) is 14.9 Å². The minimum atomic E-state index is -0.611. The number of benzene rings is 3. The smallest absolute Gasteiger partial charge is 0.413 e. The van der Waals surface area contributed by atoms with Crippen molar-refractivity contribution in [3.63, 3.8) is 0 Å². The van der Waals surface area contributed by atoms with Gasteiger partial charge in [-0.05, 0) is 45.4 Å². The molecular formula is C31H29N3O7. The number of imidazole rings is 1. The number of fused-ring (bicyclic) bond motifs is 2. The number of phenolic OH excluding ortho intramolecular Hbond substituents is 2. The largest absolute Gasteiger partial charge is 0.507 e. The Bertz CT molecular complexity index is 1830. The normalized spacial score (nSPS) is 10.5. The zero-order valence-corrected chi connectivity index (χ0v) is 22.9. The lowest BCUT2D eigenvalue weighted by molar-refractivity contribution is 0.103. The molecule has 0 fully saturated rings. The third kappa shape index (κ3) is 6.62. The van der Waals surface area contributed by atoms with Crippen molar-refractivity contribution in [1.82, 2.24) is 9.97 Å². The summed E-state index contributed by atoms with van der Waals surface area (Å²) in [6, 6.07) is 16.9. The Morgan fingerprint density at radius 2 is 1.78 bits per heavy atom. The van der Waals surface area contributed by atoms with E-state index in [1.807, 2.05) is 38.1 Å². The molecule has 0 aliphatic heterocycles. The van der Waals surface area contributed by atoms with Gasteiger partial charge in [0.15, 0.2) is 11.2 Å². The molecule has 41 heavy (non-hydrogen) atoms. The second-order valence-electron chi connectivity index (χ2n) is 9.43. The van der Waals surface area contributed by atoms with E-state index in [9.17, 15) is 24.6 Å². The van der Waals surface area contributed by atoms with Crippen LogP contribution in [-0.2, 0) is 11.2 Å². The van der Waals surface area contributed by atoms with Crippen LogP contribution in [0.25, 0.3) is 22.0 Å². The summed E-state index contributed by atoms with van der Waals surface area (Å²) in [6.07, 6.45) is 1.62. The number of ether oxygens (including phenoxy) is 1. The molecule has 0 bridgehead atoms. The molecule has 0 atom stereocenters. The maximum absolute atomic E-state index is 12.4. The molecule has 2 heterocycles. The van der Waals surface area contributed by atoms with E-state index in [1.54, 1.807) is 37.3 Å². The first-order chi connectivity index (χ1) is 19.6. The predicted octanol–water partition coefficient (Wildman–Crippen LogP) is 5.99. The molecule has 0 unspecified atom stereocenters. The van der Waals surface area contributed by atoms with Gasteiger partial charge in [-0.1, -0.05) is 42.0 Å². The molecule has 4 N–H and O–H groups in total. The van der Waals surface area contributed by atoms with Gasteiger partial charge >= 0.3 is 6.09 Å². The summed E-state index contributed by atoms with van der Waals surface area (Å²) in [5, 5.41) is 22.7. The quantitative estimate of drug-likeness (QED) is 0.152. The van der Waals surface area contributed by atoms with Crippen molar-refractivity contribution >= 4 is 39.8 Å². The zero-order valence-electron chi connectivity index (χ0n) is 22.9. The molecule has 3 aromatic carbocycles. The molecule has 0 aliphatic carbocycles. The monoisotopic (exact) mass is 555 g/mol. The molecule has 0 spiro atoms. The van der Waals surface area contributed by atoms with Crippen molar-refractivity contribution < 1.29 is 29.0 Å². The van der Waals surface area contributed by atoms with Crippen molar-refractivity contribution in [3.05, 3.63) is 105 Å². The molecule has 2 aromatic heterocycles. The molecule has 0 saturated carbocycles. The number of amides is 1. The Kier molecular flexibility index (Phi) is 8.52. The van der Waals surface area contributed by atoms with Gasteiger partial charge in [0.05, 0.1) is 18.1 Å². The Labute approximate surface area is 234 Å². The molecular weight excluding hydrogens is 526 g/mol. The molecule has 5 rings (SSSR count). The number of methoxy groups -OCH3 is 1. The highest BCUT2D eigenvalue weighted by molar-refractivity contribution is 6.10. The number of aromatic amines is 1. The Morgan fingerprint density at radius 1 is 1.05 bits per heavy atom. The highest BCUT2D eigenvalue weighted by Gasteiger charge is 2.16. The number of phenols is 2. The molecule has 5 aromatic rings. The van der Waals surface area contributed by atoms with Crippen LogP contribution < -0.4 is 10.7 Å². The van der Waals surface area contributed by atoms with E-state index in [2.05, 4.69) is 20.0 Å². The Morgan fingerprint density at radius 3 is 2.46 bits per heavy atom. The topological polar surface area (TPSA) is 155 Å². The SMILES string of the molecule is CC(C)=CCc1c(O)cc2oc(C)cc(=O)c2c1O.COC(=O)Nc1nc2ccc(C(=O)c3ccccc3)cc2[nH]1. The summed E-state index contributed by atoms with van der Waals surface area (Å²) < 4.78 is 9.86. The van der Waals surface area contributed by atoms with Crippen LogP contribution in [0.2, 0.25) is 0 Å². The molecule has 10 nitrogen and oxygen atoms in total. The van der Waals surface area contributed by atoms with E-state index in [0.29, 0.717) is 39.9 Å². The van der Waals surface area contributed by atoms with Crippen LogP contribution in [0.5, 0.6) is 11.5 Å². The van der Waals surface area contributed by atoms with Crippen LogP contribution in [0.15, 0.2) is 81.5 Å². The number of aryl methyl sites for hydroxylation is 1.